The largest absolute Gasteiger partial charge is 0.341 e. The third kappa shape index (κ3) is 1.51. The van der Waals surface area contributed by atoms with Gasteiger partial charge in [0.05, 0.1) is 0 Å². The summed E-state index contributed by atoms with van der Waals surface area (Å²) in [5.41, 5.74) is 0. The van der Waals surface area contributed by atoms with E-state index in [4.69, 9.17) is 0 Å². The molecular weight excluding hydrogens is 199 g/mol. The van der Waals surface area contributed by atoms with Gasteiger partial charge in [0.2, 0.25) is 0 Å². The second-order valence-corrected chi connectivity index (χ2v) is 5.56. The number of rotatable bonds is 2. The van der Waals surface area contributed by atoms with Crippen molar-refractivity contribution in [2.24, 2.45) is 0 Å². The third-order valence-corrected chi connectivity index (χ3v) is 4.33. The van der Waals surface area contributed by atoms with Crippen LogP contribution in [-0.4, -0.2) is 8.42 Å². The molecule has 66 valence electrons. The Kier molecular flexibility index (Phi) is 1.73. The van der Waals surface area contributed by atoms with Crippen LogP contribution in [-0.2, 0) is 10.2 Å². The van der Waals surface area contributed by atoms with Gasteiger partial charge in [-0.25, -0.2) is 0 Å². The van der Waals surface area contributed by atoms with Crippen LogP contribution < -0.4 is 0 Å². The van der Waals surface area contributed by atoms with Crippen molar-refractivity contribution in [2.75, 3.05) is 0 Å². The lowest BCUT2D eigenvalue weighted by Crippen LogP contribution is -1.85. The molecule has 1 aromatic rings. The van der Waals surface area contributed by atoms with Crippen LogP contribution in [0.4, 0.5) is 3.89 Å². The average Bonchev–Trinajstić information content (AvgIpc) is 2.66. The van der Waals surface area contributed by atoms with E-state index in [1.165, 1.54) is 6.07 Å². The summed E-state index contributed by atoms with van der Waals surface area (Å²) in [4.78, 5) is 0.992. The SMILES string of the molecule is O=S(=O)(F)c1ccc(C2CC2)s1. The van der Waals surface area contributed by atoms with Gasteiger partial charge < -0.3 is 0 Å². The highest BCUT2D eigenvalue weighted by Gasteiger charge is 2.27. The smallest absolute Gasteiger partial charge is 0.188 e. The second-order valence-electron chi connectivity index (χ2n) is 2.87. The van der Waals surface area contributed by atoms with Gasteiger partial charge in [-0.2, -0.15) is 8.42 Å². The van der Waals surface area contributed by atoms with Crippen molar-refractivity contribution in [1.82, 2.24) is 0 Å². The highest BCUT2D eigenvalue weighted by atomic mass is 32.3. The standard InChI is InChI=1S/C7H7FO2S2/c8-12(9,10)7-4-3-6(11-7)5-1-2-5/h3-5H,1-2H2. The summed E-state index contributed by atoms with van der Waals surface area (Å²) >= 11 is 1.05. The zero-order valence-corrected chi connectivity index (χ0v) is 7.79. The lowest BCUT2D eigenvalue weighted by atomic mass is 10.3. The fourth-order valence-corrected chi connectivity index (χ4v) is 2.88. The zero-order chi connectivity index (χ0) is 8.77. The first-order chi connectivity index (χ1) is 5.57. The van der Waals surface area contributed by atoms with Crippen LogP contribution in [0.3, 0.4) is 0 Å². The van der Waals surface area contributed by atoms with Crippen LogP contribution in [0.15, 0.2) is 16.3 Å². The fraction of sp³-hybridized carbons (Fsp3) is 0.429. The molecule has 0 aromatic carbocycles. The molecule has 1 aliphatic carbocycles. The molecule has 0 radical (unpaired) electrons. The monoisotopic (exact) mass is 206 g/mol. The Morgan fingerprint density at radius 1 is 1.42 bits per heavy atom. The maximum Gasteiger partial charge on any atom is 0.341 e. The molecule has 1 aliphatic rings. The Hall–Kier alpha value is -0.420. The normalized spacial score (nSPS) is 18.1. The fourth-order valence-electron chi connectivity index (χ4n) is 1.05. The number of hydrogen-bond acceptors (Lipinski definition) is 3. The van der Waals surface area contributed by atoms with E-state index in [0.717, 1.165) is 29.1 Å². The van der Waals surface area contributed by atoms with Gasteiger partial charge in [-0.05, 0) is 30.9 Å². The van der Waals surface area contributed by atoms with Crippen molar-refractivity contribution >= 4 is 21.6 Å². The van der Waals surface area contributed by atoms with Gasteiger partial charge in [0, 0.05) is 4.88 Å². The first-order valence-electron chi connectivity index (χ1n) is 3.62. The van der Waals surface area contributed by atoms with Crippen molar-refractivity contribution in [3.8, 4) is 0 Å². The van der Waals surface area contributed by atoms with Crippen molar-refractivity contribution in [1.29, 1.82) is 0 Å². The van der Waals surface area contributed by atoms with Crippen LogP contribution in [0, 0.1) is 0 Å². The summed E-state index contributed by atoms with van der Waals surface area (Å²) in [5.74, 6) is 0.491. The minimum atomic E-state index is -4.47. The van der Waals surface area contributed by atoms with E-state index in [1.54, 1.807) is 6.07 Å². The molecule has 0 unspecified atom stereocenters. The predicted octanol–water partition coefficient (Wildman–Crippen LogP) is 2.28. The molecule has 1 heterocycles. The third-order valence-electron chi connectivity index (χ3n) is 1.82. The summed E-state index contributed by atoms with van der Waals surface area (Å²) in [6.45, 7) is 0. The molecule has 12 heavy (non-hydrogen) atoms. The number of hydrogen-bond donors (Lipinski definition) is 0. The van der Waals surface area contributed by atoms with Crippen molar-refractivity contribution < 1.29 is 12.3 Å². The number of halogens is 1. The van der Waals surface area contributed by atoms with Gasteiger partial charge >= 0.3 is 10.2 Å². The van der Waals surface area contributed by atoms with E-state index in [-0.39, 0.29) is 4.21 Å². The second kappa shape index (κ2) is 2.53. The maximum absolute atomic E-state index is 12.4. The van der Waals surface area contributed by atoms with Crippen LogP contribution in [0.1, 0.15) is 23.6 Å². The number of thiophene rings is 1. The van der Waals surface area contributed by atoms with E-state index in [2.05, 4.69) is 0 Å². The van der Waals surface area contributed by atoms with E-state index in [1.807, 2.05) is 0 Å². The molecule has 1 saturated carbocycles. The summed E-state index contributed by atoms with van der Waals surface area (Å²) in [6.07, 6.45) is 2.21. The minimum absolute atomic E-state index is 0.163. The lowest BCUT2D eigenvalue weighted by Gasteiger charge is -1.86. The summed E-state index contributed by atoms with van der Waals surface area (Å²) in [6, 6.07) is 3.04. The average molecular weight is 206 g/mol. The van der Waals surface area contributed by atoms with E-state index in [9.17, 15) is 12.3 Å². The van der Waals surface area contributed by atoms with Crippen LogP contribution in [0.2, 0.25) is 0 Å². The Morgan fingerprint density at radius 3 is 2.50 bits per heavy atom. The highest BCUT2D eigenvalue weighted by molar-refractivity contribution is 7.88. The van der Waals surface area contributed by atoms with Gasteiger partial charge in [-0.3, -0.25) is 0 Å². The Balaban J connectivity index is 2.35. The quantitative estimate of drug-likeness (QED) is 0.696. The highest BCUT2D eigenvalue weighted by Crippen LogP contribution is 2.44. The molecular formula is C7H7FO2S2. The Bertz CT molecular complexity index is 389. The van der Waals surface area contributed by atoms with Gasteiger partial charge in [0.15, 0.2) is 4.21 Å². The zero-order valence-electron chi connectivity index (χ0n) is 6.16. The molecule has 0 atom stereocenters. The van der Waals surface area contributed by atoms with Crippen LogP contribution in [0.5, 0.6) is 0 Å². The first-order valence-corrected chi connectivity index (χ1v) is 5.82. The molecule has 1 aromatic heterocycles. The molecule has 1 fully saturated rings. The van der Waals surface area contributed by atoms with E-state index < -0.39 is 10.2 Å². The minimum Gasteiger partial charge on any atom is -0.188 e. The molecule has 0 amide bonds. The van der Waals surface area contributed by atoms with Crippen LogP contribution in [0.25, 0.3) is 0 Å². The summed E-state index contributed by atoms with van der Waals surface area (Å²) in [7, 11) is -4.47. The van der Waals surface area contributed by atoms with Gasteiger partial charge in [-0.15, -0.1) is 11.3 Å². The molecule has 0 bridgehead atoms. The predicted molar refractivity (Wildman–Crippen MR) is 44.6 cm³/mol. The summed E-state index contributed by atoms with van der Waals surface area (Å²) in [5, 5.41) is 0. The summed E-state index contributed by atoms with van der Waals surface area (Å²) < 4.78 is 33.1. The molecule has 5 heteroatoms. The van der Waals surface area contributed by atoms with E-state index >= 15 is 0 Å². The molecule has 0 aliphatic heterocycles. The van der Waals surface area contributed by atoms with Gasteiger partial charge in [0.25, 0.3) is 0 Å². The van der Waals surface area contributed by atoms with Crippen LogP contribution >= 0.6 is 11.3 Å². The van der Waals surface area contributed by atoms with E-state index in [0.29, 0.717) is 5.92 Å². The Morgan fingerprint density at radius 2 is 2.08 bits per heavy atom. The molecule has 0 N–H and O–H groups in total. The first kappa shape index (κ1) is 8.19. The molecule has 2 rings (SSSR count). The molecule has 2 nitrogen and oxygen atoms in total. The van der Waals surface area contributed by atoms with Crippen molar-refractivity contribution in [3.05, 3.63) is 17.0 Å². The molecule has 0 spiro atoms. The topological polar surface area (TPSA) is 34.1 Å². The van der Waals surface area contributed by atoms with Crippen molar-refractivity contribution in [3.63, 3.8) is 0 Å². The van der Waals surface area contributed by atoms with Crippen molar-refractivity contribution in [2.45, 2.75) is 23.0 Å². The maximum atomic E-state index is 12.4. The lowest BCUT2D eigenvalue weighted by molar-refractivity contribution is 0.554. The molecule has 0 saturated heterocycles. The van der Waals surface area contributed by atoms with Gasteiger partial charge in [-0.1, -0.05) is 3.89 Å². The van der Waals surface area contributed by atoms with Gasteiger partial charge in [0.1, 0.15) is 0 Å². The Labute approximate surface area is 74.2 Å².